The molecule has 0 spiro atoms. The summed E-state index contributed by atoms with van der Waals surface area (Å²) in [6.45, 7) is 5.82. The first-order valence-electron chi connectivity index (χ1n) is 11.4. The fourth-order valence-corrected chi connectivity index (χ4v) is 3.82. The first kappa shape index (κ1) is 28.0. The highest BCUT2D eigenvalue weighted by atomic mass is 35.5. The SMILES string of the molecule is CC(C)NC(=O)Cn1c(-c2ccc(Cl)cc2)nn(CC(=O)NC(C)(C)c2cccc(C(F)(F)F)c2)c1=O. The van der Waals surface area contributed by atoms with Crippen molar-refractivity contribution in [3.05, 3.63) is 75.2 Å². The van der Waals surface area contributed by atoms with Crippen molar-refractivity contribution in [2.45, 2.75) is 58.5 Å². The fraction of sp³-hybridized carbons (Fsp3) is 0.360. The van der Waals surface area contributed by atoms with Gasteiger partial charge in [-0.15, -0.1) is 5.10 Å². The van der Waals surface area contributed by atoms with Crippen LogP contribution in [0, 0.1) is 0 Å². The maximum absolute atomic E-state index is 13.1. The van der Waals surface area contributed by atoms with E-state index in [4.69, 9.17) is 11.6 Å². The lowest BCUT2D eigenvalue weighted by Crippen LogP contribution is -2.44. The van der Waals surface area contributed by atoms with Crippen molar-refractivity contribution >= 4 is 23.4 Å². The van der Waals surface area contributed by atoms with Crippen LogP contribution in [0.2, 0.25) is 5.02 Å². The second kappa shape index (κ2) is 10.8. The number of hydrogen-bond acceptors (Lipinski definition) is 4. The van der Waals surface area contributed by atoms with Crippen molar-refractivity contribution < 1.29 is 22.8 Å². The van der Waals surface area contributed by atoms with E-state index in [0.717, 1.165) is 21.4 Å². The molecule has 8 nitrogen and oxygen atoms in total. The van der Waals surface area contributed by atoms with Crippen LogP contribution in [0.15, 0.2) is 53.3 Å². The first-order chi connectivity index (χ1) is 17.2. The number of halogens is 4. The van der Waals surface area contributed by atoms with Crippen LogP contribution in [0.5, 0.6) is 0 Å². The molecule has 3 aromatic rings. The molecule has 0 atom stereocenters. The summed E-state index contributed by atoms with van der Waals surface area (Å²) in [7, 11) is 0. The zero-order chi connectivity index (χ0) is 27.5. The highest BCUT2D eigenvalue weighted by Gasteiger charge is 2.32. The number of hydrogen-bond donors (Lipinski definition) is 2. The predicted molar refractivity (Wildman–Crippen MR) is 133 cm³/mol. The lowest BCUT2D eigenvalue weighted by Gasteiger charge is -2.27. The van der Waals surface area contributed by atoms with Gasteiger partial charge < -0.3 is 10.6 Å². The van der Waals surface area contributed by atoms with Gasteiger partial charge in [-0.2, -0.15) is 13.2 Å². The van der Waals surface area contributed by atoms with E-state index in [2.05, 4.69) is 15.7 Å². The maximum Gasteiger partial charge on any atom is 0.416 e. The summed E-state index contributed by atoms with van der Waals surface area (Å²) >= 11 is 5.96. The van der Waals surface area contributed by atoms with Gasteiger partial charge in [0.05, 0.1) is 11.1 Å². The van der Waals surface area contributed by atoms with E-state index in [9.17, 15) is 27.6 Å². The van der Waals surface area contributed by atoms with Gasteiger partial charge in [0.2, 0.25) is 11.8 Å². The maximum atomic E-state index is 13.1. The zero-order valence-electron chi connectivity index (χ0n) is 20.7. The minimum Gasteiger partial charge on any atom is -0.352 e. The number of nitrogens with zero attached hydrogens (tertiary/aromatic N) is 3. The van der Waals surface area contributed by atoms with Gasteiger partial charge in [-0.25, -0.2) is 9.48 Å². The van der Waals surface area contributed by atoms with Crippen molar-refractivity contribution in [2.75, 3.05) is 0 Å². The van der Waals surface area contributed by atoms with E-state index < -0.39 is 41.3 Å². The quantitative estimate of drug-likeness (QED) is 0.454. The molecule has 0 bridgehead atoms. The first-order valence-corrected chi connectivity index (χ1v) is 11.8. The normalized spacial score (nSPS) is 12.0. The largest absolute Gasteiger partial charge is 0.416 e. The molecule has 37 heavy (non-hydrogen) atoms. The Morgan fingerprint density at radius 1 is 1.00 bits per heavy atom. The third-order valence-corrected chi connectivity index (χ3v) is 5.69. The Bertz CT molecular complexity index is 1340. The highest BCUT2D eigenvalue weighted by molar-refractivity contribution is 6.30. The van der Waals surface area contributed by atoms with Crippen molar-refractivity contribution in [2.24, 2.45) is 0 Å². The summed E-state index contributed by atoms with van der Waals surface area (Å²) in [5.74, 6) is -0.907. The molecule has 1 aromatic heterocycles. The summed E-state index contributed by atoms with van der Waals surface area (Å²) < 4.78 is 41.5. The summed E-state index contributed by atoms with van der Waals surface area (Å²) in [6.07, 6.45) is -4.53. The monoisotopic (exact) mass is 537 g/mol. The molecule has 2 N–H and O–H groups in total. The fourth-order valence-electron chi connectivity index (χ4n) is 3.69. The molecule has 0 radical (unpaired) electrons. The topological polar surface area (TPSA) is 98.0 Å². The average Bonchev–Trinajstić information content (AvgIpc) is 3.08. The van der Waals surface area contributed by atoms with Crippen LogP contribution in [-0.4, -0.2) is 32.2 Å². The Balaban J connectivity index is 1.89. The molecule has 0 aliphatic rings. The molecule has 1 heterocycles. The van der Waals surface area contributed by atoms with Crippen molar-refractivity contribution in [1.29, 1.82) is 0 Å². The molecule has 0 unspecified atom stereocenters. The Kier molecular flexibility index (Phi) is 8.16. The van der Waals surface area contributed by atoms with E-state index in [0.29, 0.717) is 10.6 Å². The predicted octanol–water partition coefficient (Wildman–Crippen LogP) is 3.96. The van der Waals surface area contributed by atoms with Gasteiger partial charge in [0.25, 0.3) is 0 Å². The third kappa shape index (κ3) is 7.00. The molecule has 3 rings (SSSR count). The van der Waals surface area contributed by atoms with Crippen LogP contribution in [0.3, 0.4) is 0 Å². The van der Waals surface area contributed by atoms with Crippen LogP contribution in [0.4, 0.5) is 13.2 Å². The number of nitrogens with one attached hydrogen (secondary N) is 2. The lowest BCUT2D eigenvalue weighted by molar-refractivity contribution is -0.137. The second-order valence-electron chi connectivity index (χ2n) is 9.33. The molecule has 198 valence electrons. The number of amides is 2. The Morgan fingerprint density at radius 2 is 1.62 bits per heavy atom. The van der Waals surface area contributed by atoms with Gasteiger partial charge in [-0.1, -0.05) is 23.7 Å². The summed E-state index contributed by atoms with van der Waals surface area (Å²) in [4.78, 5) is 38.4. The van der Waals surface area contributed by atoms with Crippen molar-refractivity contribution in [1.82, 2.24) is 25.0 Å². The van der Waals surface area contributed by atoms with Crippen LogP contribution >= 0.6 is 11.6 Å². The standard InChI is InChI=1S/C25H27ClF3N5O3/c1-15(2)30-20(35)13-33-22(16-8-10-19(26)11-9-16)32-34(23(33)37)14-21(36)31-24(3,4)17-6-5-7-18(12-17)25(27,28)29/h5-12,15H,13-14H2,1-4H3,(H,30,35)(H,31,36). The number of rotatable bonds is 8. The molecule has 0 saturated carbocycles. The summed E-state index contributed by atoms with van der Waals surface area (Å²) in [6, 6.07) is 11.0. The second-order valence-corrected chi connectivity index (χ2v) is 9.77. The molecule has 2 aromatic carbocycles. The third-order valence-electron chi connectivity index (χ3n) is 5.43. The van der Waals surface area contributed by atoms with E-state index in [-0.39, 0.29) is 24.0 Å². The Morgan fingerprint density at radius 3 is 2.22 bits per heavy atom. The molecular weight excluding hydrogens is 511 g/mol. The van der Waals surface area contributed by atoms with E-state index >= 15 is 0 Å². The van der Waals surface area contributed by atoms with Gasteiger partial charge in [0.15, 0.2) is 5.82 Å². The van der Waals surface area contributed by atoms with Gasteiger partial charge in [0, 0.05) is 16.6 Å². The molecular formula is C25H27ClF3N5O3. The van der Waals surface area contributed by atoms with Crippen LogP contribution in [0.1, 0.15) is 38.8 Å². The van der Waals surface area contributed by atoms with E-state index in [1.54, 1.807) is 52.0 Å². The number of benzene rings is 2. The number of carbonyl (C=O) groups excluding carboxylic acids is 2. The lowest BCUT2D eigenvalue weighted by atomic mass is 9.92. The van der Waals surface area contributed by atoms with E-state index in [1.807, 2.05) is 0 Å². The zero-order valence-corrected chi connectivity index (χ0v) is 21.4. The smallest absolute Gasteiger partial charge is 0.352 e. The molecule has 0 saturated heterocycles. The Labute approximate surface area is 216 Å². The minimum atomic E-state index is -4.53. The number of alkyl halides is 3. The highest BCUT2D eigenvalue weighted by Crippen LogP contribution is 2.32. The average molecular weight is 538 g/mol. The Hall–Kier alpha value is -3.60. The number of carbonyl (C=O) groups is 2. The minimum absolute atomic E-state index is 0.152. The van der Waals surface area contributed by atoms with Gasteiger partial charge in [-0.3, -0.25) is 14.2 Å². The van der Waals surface area contributed by atoms with Crippen LogP contribution in [0.25, 0.3) is 11.4 Å². The molecule has 0 fully saturated rings. The molecule has 12 heteroatoms. The van der Waals surface area contributed by atoms with Gasteiger partial charge in [-0.05, 0) is 69.7 Å². The van der Waals surface area contributed by atoms with Crippen molar-refractivity contribution in [3.63, 3.8) is 0 Å². The molecule has 2 amide bonds. The summed E-state index contributed by atoms with van der Waals surface area (Å²) in [5.41, 5.74) is -1.98. The van der Waals surface area contributed by atoms with Crippen molar-refractivity contribution in [3.8, 4) is 11.4 Å². The van der Waals surface area contributed by atoms with E-state index in [1.165, 1.54) is 12.1 Å². The van der Waals surface area contributed by atoms with Gasteiger partial charge in [0.1, 0.15) is 13.1 Å². The van der Waals surface area contributed by atoms with Crippen LogP contribution in [-0.2, 0) is 34.4 Å². The molecule has 0 aliphatic carbocycles. The summed E-state index contributed by atoms with van der Waals surface area (Å²) in [5, 5.41) is 10.1. The van der Waals surface area contributed by atoms with Crippen LogP contribution < -0.4 is 16.3 Å². The van der Waals surface area contributed by atoms with Gasteiger partial charge >= 0.3 is 11.9 Å². The number of aromatic nitrogens is 3. The molecule has 0 aliphatic heterocycles.